The fraction of sp³-hybridized carbons (Fsp3) is 0.312. The summed E-state index contributed by atoms with van der Waals surface area (Å²) < 4.78 is 11.6. The number of aliphatic hydroxyl groups excluding tert-OH is 1. The maximum absolute atomic E-state index is 13.5. The van der Waals surface area contributed by atoms with Crippen LogP contribution in [0, 0.1) is 6.92 Å². The summed E-state index contributed by atoms with van der Waals surface area (Å²) in [7, 11) is 0. The van der Waals surface area contributed by atoms with Gasteiger partial charge in [-0.3, -0.25) is 9.69 Å². The van der Waals surface area contributed by atoms with Crippen LogP contribution in [-0.2, 0) is 11.2 Å². The molecule has 3 aromatic carbocycles. The highest BCUT2D eigenvalue weighted by molar-refractivity contribution is 6.30. The van der Waals surface area contributed by atoms with Crippen molar-refractivity contribution in [3.8, 4) is 11.5 Å². The van der Waals surface area contributed by atoms with E-state index in [0.717, 1.165) is 16.8 Å². The van der Waals surface area contributed by atoms with Crippen LogP contribution in [0.25, 0.3) is 10.9 Å². The molecule has 3 N–H and O–H groups in total. The predicted molar refractivity (Wildman–Crippen MR) is 159 cm³/mol. The first-order chi connectivity index (χ1) is 19.8. The third kappa shape index (κ3) is 6.66. The van der Waals surface area contributed by atoms with Crippen molar-refractivity contribution in [2.24, 2.45) is 0 Å². The van der Waals surface area contributed by atoms with E-state index in [-0.39, 0.29) is 18.5 Å². The molecule has 0 spiro atoms. The lowest BCUT2D eigenvalue weighted by Gasteiger charge is -2.35. The summed E-state index contributed by atoms with van der Waals surface area (Å²) >= 11 is 6.00. The smallest absolute Gasteiger partial charge is 0.416 e. The van der Waals surface area contributed by atoms with Crippen molar-refractivity contribution in [2.45, 2.75) is 45.3 Å². The lowest BCUT2D eigenvalue weighted by molar-refractivity contribution is -0.121. The summed E-state index contributed by atoms with van der Waals surface area (Å²) in [6.07, 6.45) is 0.342. The van der Waals surface area contributed by atoms with Gasteiger partial charge < -0.3 is 24.9 Å². The number of fused-ring (bicyclic) bond motifs is 3. The Kier molecular flexibility index (Phi) is 8.81. The SMILES string of the molecule is CCC(=O)NCC(O)CCOc1ccc([C@H]2c3[nH]c4ccc(C)cc4c3CCN2C(=O)Oc2ccc(Cl)cc2)cc1. The Bertz CT molecular complexity index is 1520. The number of halogens is 1. The minimum Gasteiger partial charge on any atom is -0.493 e. The van der Waals surface area contributed by atoms with Crippen LogP contribution >= 0.6 is 11.6 Å². The summed E-state index contributed by atoms with van der Waals surface area (Å²) in [5, 5.41) is 14.5. The average Bonchev–Trinajstić information content (AvgIpc) is 3.34. The molecular formula is C32H34ClN3O5. The van der Waals surface area contributed by atoms with Crippen LogP contribution in [0.1, 0.15) is 48.2 Å². The molecule has 214 valence electrons. The summed E-state index contributed by atoms with van der Waals surface area (Å²) in [5.41, 5.74) is 5.30. The average molecular weight is 576 g/mol. The van der Waals surface area contributed by atoms with Crippen molar-refractivity contribution >= 4 is 34.5 Å². The molecule has 2 atom stereocenters. The van der Waals surface area contributed by atoms with Crippen LogP contribution in [0.3, 0.4) is 0 Å². The fourth-order valence-corrected chi connectivity index (χ4v) is 5.25. The Labute approximate surface area is 244 Å². The van der Waals surface area contributed by atoms with Crippen molar-refractivity contribution in [1.82, 2.24) is 15.2 Å². The molecule has 1 aliphatic rings. The molecule has 0 saturated carbocycles. The molecule has 8 nitrogen and oxygen atoms in total. The van der Waals surface area contributed by atoms with Gasteiger partial charge in [0.05, 0.1) is 12.7 Å². The van der Waals surface area contributed by atoms with Gasteiger partial charge in [-0.25, -0.2) is 4.79 Å². The maximum Gasteiger partial charge on any atom is 0.416 e. The first kappa shape index (κ1) is 28.5. The van der Waals surface area contributed by atoms with Crippen molar-refractivity contribution in [1.29, 1.82) is 0 Å². The maximum atomic E-state index is 13.5. The highest BCUT2D eigenvalue weighted by Gasteiger charge is 2.35. The van der Waals surface area contributed by atoms with E-state index in [9.17, 15) is 14.7 Å². The molecule has 2 heterocycles. The highest BCUT2D eigenvalue weighted by Crippen LogP contribution is 2.39. The first-order valence-electron chi connectivity index (χ1n) is 13.8. The number of nitrogens with zero attached hydrogens (tertiary/aromatic N) is 1. The molecule has 5 rings (SSSR count). The number of amides is 2. The first-order valence-corrected chi connectivity index (χ1v) is 14.2. The van der Waals surface area contributed by atoms with Crippen molar-refractivity contribution < 1.29 is 24.2 Å². The number of ether oxygens (including phenoxy) is 2. The number of rotatable bonds is 9. The number of carbonyl (C=O) groups excluding carboxylic acids is 2. The number of aryl methyl sites for hydroxylation is 1. The topological polar surface area (TPSA) is 104 Å². The second kappa shape index (κ2) is 12.7. The van der Waals surface area contributed by atoms with Gasteiger partial charge in [0.1, 0.15) is 17.5 Å². The molecule has 9 heteroatoms. The standard InChI is InChI=1S/C32H34ClN3O5/c1-3-29(38)34-19-23(37)15-17-40-24-9-5-21(6-10-24)31-30-26(27-18-20(2)4-13-28(27)35-30)14-16-36(31)32(39)41-25-11-7-22(33)8-12-25/h4-13,18,23,31,35,37H,3,14-17,19H2,1-2H3,(H,34,38)/t23?,31-/m0/s1. The van der Waals surface area contributed by atoms with Crippen LogP contribution in [-0.4, -0.2) is 52.8 Å². The summed E-state index contributed by atoms with van der Waals surface area (Å²) in [6, 6.07) is 20.3. The molecule has 1 aliphatic heterocycles. The van der Waals surface area contributed by atoms with E-state index in [1.54, 1.807) is 36.1 Å². The molecular weight excluding hydrogens is 542 g/mol. The van der Waals surface area contributed by atoms with Crippen molar-refractivity contribution in [3.63, 3.8) is 0 Å². The van der Waals surface area contributed by atoms with Gasteiger partial charge >= 0.3 is 6.09 Å². The van der Waals surface area contributed by atoms with Gasteiger partial charge in [0, 0.05) is 47.6 Å². The Morgan fingerprint density at radius 3 is 2.56 bits per heavy atom. The Balaban J connectivity index is 1.36. The number of H-pyrrole nitrogens is 1. The number of aromatic nitrogens is 1. The van der Waals surface area contributed by atoms with Gasteiger partial charge in [0.15, 0.2) is 0 Å². The monoisotopic (exact) mass is 575 g/mol. The third-order valence-electron chi connectivity index (χ3n) is 7.31. The Morgan fingerprint density at radius 1 is 1.10 bits per heavy atom. The Hall–Kier alpha value is -4.01. The number of aliphatic hydroxyl groups is 1. The predicted octanol–water partition coefficient (Wildman–Crippen LogP) is 5.93. The molecule has 1 unspecified atom stereocenters. The van der Waals surface area contributed by atoms with Crippen molar-refractivity contribution in [3.05, 3.63) is 94.1 Å². The largest absolute Gasteiger partial charge is 0.493 e. The van der Waals surface area contributed by atoms with Gasteiger partial charge in [-0.05, 0) is 73.0 Å². The number of nitrogens with one attached hydrogen (secondary N) is 2. The third-order valence-corrected chi connectivity index (χ3v) is 7.56. The normalized spacial score (nSPS) is 15.3. The molecule has 0 fully saturated rings. The minimum absolute atomic E-state index is 0.0948. The van der Waals surface area contributed by atoms with E-state index in [0.29, 0.717) is 48.9 Å². The van der Waals surface area contributed by atoms with Gasteiger partial charge in [-0.2, -0.15) is 0 Å². The summed E-state index contributed by atoms with van der Waals surface area (Å²) in [4.78, 5) is 30.2. The molecule has 2 amide bonds. The fourth-order valence-electron chi connectivity index (χ4n) is 5.13. The number of benzene rings is 3. The second-order valence-corrected chi connectivity index (χ2v) is 10.7. The zero-order chi connectivity index (χ0) is 28.9. The van der Waals surface area contributed by atoms with Crippen LogP contribution in [0.2, 0.25) is 5.02 Å². The molecule has 0 bridgehead atoms. The molecule has 0 aliphatic carbocycles. The van der Waals surface area contributed by atoms with Crippen molar-refractivity contribution in [2.75, 3.05) is 19.7 Å². The van der Waals surface area contributed by atoms with Crippen LogP contribution < -0.4 is 14.8 Å². The number of aromatic amines is 1. The molecule has 1 aromatic heterocycles. The van der Waals surface area contributed by atoms with E-state index in [4.69, 9.17) is 21.1 Å². The molecule has 0 radical (unpaired) electrons. The number of hydrogen-bond acceptors (Lipinski definition) is 5. The number of hydrogen-bond donors (Lipinski definition) is 3. The molecule has 41 heavy (non-hydrogen) atoms. The van der Waals surface area contributed by atoms with E-state index >= 15 is 0 Å². The lowest BCUT2D eigenvalue weighted by Crippen LogP contribution is -2.42. The Morgan fingerprint density at radius 2 is 1.83 bits per heavy atom. The van der Waals surface area contributed by atoms with Gasteiger partial charge in [0.2, 0.25) is 5.91 Å². The van der Waals surface area contributed by atoms with Gasteiger partial charge in [-0.15, -0.1) is 0 Å². The summed E-state index contributed by atoms with van der Waals surface area (Å²) in [5.74, 6) is 0.983. The highest BCUT2D eigenvalue weighted by atomic mass is 35.5. The van der Waals surface area contributed by atoms with E-state index in [2.05, 4.69) is 35.4 Å². The molecule has 0 saturated heterocycles. The second-order valence-electron chi connectivity index (χ2n) is 10.3. The van der Waals surface area contributed by atoms with E-state index in [1.165, 1.54) is 16.5 Å². The zero-order valence-corrected chi connectivity index (χ0v) is 23.9. The van der Waals surface area contributed by atoms with E-state index in [1.807, 2.05) is 24.3 Å². The minimum atomic E-state index is -0.684. The van der Waals surface area contributed by atoms with Gasteiger partial charge in [0.25, 0.3) is 0 Å². The zero-order valence-electron chi connectivity index (χ0n) is 23.2. The van der Waals surface area contributed by atoms with Gasteiger partial charge in [-0.1, -0.05) is 42.3 Å². The number of carbonyl (C=O) groups is 2. The lowest BCUT2D eigenvalue weighted by atomic mass is 9.92. The van der Waals surface area contributed by atoms with Crippen LogP contribution in [0.15, 0.2) is 66.7 Å². The van der Waals surface area contributed by atoms with E-state index < -0.39 is 12.2 Å². The quantitative estimate of drug-likeness (QED) is 0.229. The summed E-state index contributed by atoms with van der Waals surface area (Å²) in [6.45, 7) is 4.84. The van der Waals surface area contributed by atoms with Crippen LogP contribution in [0.4, 0.5) is 4.79 Å². The molecule has 4 aromatic rings. The van der Waals surface area contributed by atoms with Crippen LogP contribution in [0.5, 0.6) is 11.5 Å².